The highest BCUT2D eigenvalue weighted by atomic mass is 16.5. The smallest absolute Gasteiger partial charge is 0.126 e. The minimum absolute atomic E-state index is 0.230. The lowest BCUT2D eigenvalue weighted by atomic mass is 9.76. The Kier molecular flexibility index (Phi) is 3.15. The van der Waals surface area contributed by atoms with Crippen molar-refractivity contribution < 1.29 is 14.6 Å². The molecule has 104 valence electrons. The zero-order chi connectivity index (χ0) is 13.5. The molecule has 0 radical (unpaired) electrons. The lowest BCUT2D eigenvalue weighted by molar-refractivity contribution is -0.0660. The molecule has 1 aromatic rings. The average Bonchev–Trinajstić information content (AvgIpc) is 2.42. The van der Waals surface area contributed by atoms with E-state index >= 15 is 0 Å². The van der Waals surface area contributed by atoms with Crippen molar-refractivity contribution in [3.05, 3.63) is 23.8 Å². The van der Waals surface area contributed by atoms with Crippen LogP contribution >= 0.6 is 0 Å². The van der Waals surface area contributed by atoms with Gasteiger partial charge in [-0.1, -0.05) is 6.92 Å². The van der Waals surface area contributed by atoms with Crippen molar-refractivity contribution in [3.63, 3.8) is 0 Å². The molecule has 0 amide bonds. The second-order valence-electron chi connectivity index (χ2n) is 5.65. The Hall–Kier alpha value is -1.26. The third-order valence-electron chi connectivity index (χ3n) is 4.50. The molecule has 0 saturated carbocycles. The molecule has 19 heavy (non-hydrogen) atoms. The van der Waals surface area contributed by atoms with E-state index in [4.69, 9.17) is 9.47 Å². The molecule has 1 fully saturated rings. The first kappa shape index (κ1) is 12.8. The van der Waals surface area contributed by atoms with Gasteiger partial charge in [0.15, 0.2) is 0 Å². The number of fused-ring (bicyclic) bond motifs is 1. The van der Waals surface area contributed by atoms with E-state index in [1.807, 2.05) is 18.2 Å². The highest BCUT2D eigenvalue weighted by molar-refractivity contribution is 5.43. The van der Waals surface area contributed by atoms with Crippen molar-refractivity contribution in [1.29, 1.82) is 0 Å². The van der Waals surface area contributed by atoms with Crippen LogP contribution in [0, 0.1) is 5.92 Å². The molecule has 2 heterocycles. The first-order valence-electron chi connectivity index (χ1n) is 6.90. The molecule has 2 unspecified atom stereocenters. The number of hydrogen-bond acceptors (Lipinski definition) is 4. The number of ether oxygens (including phenoxy) is 2. The van der Waals surface area contributed by atoms with Gasteiger partial charge in [-0.3, -0.25) is 0 Å². The van der Waals surface area contributed by atoms with Crippen molar-refractivity contribution in [1.82, 2.24) is 5.32 Å². The minimum atomic E-state index is -0.473. The summed E-state index contributed by atoms with van der Waals surface area (Å²) < 4.78 is 11.5. The Morgan fingerprint density at radius 2 is 2.32 bits per heavy atom. The normalized spacial score (nSPS) is 33.6. The predicted octanol–water partition coefficient (Wildman–Crippen LogP) is 1.88. The molecule has 1 saturated heterocycles. The monoisotopic (exact) mass is 263 g/mol. The van der Waals surface area contributed by atoms with Gasteiger partial charge in [0.2, 0.25) is 0 Å². The van der Waals surface area contributed by atoms with Gasteiger partial charge in [-0.25, -0.2) is 0 Å². The summed E-state index contributed by atoms with van der Waals surface area (Å²) >= 11 is 0. The fourth-order valence-electron chi connectivity index (χ4n) is 3.21. The second-order valence-corrected chi connectivity index (χ2v) is 5.65. The molecule has 4 nitrogen and oxygen atoms in total. The Balaban J connectivity index is 1.95. The summed E-state index contributed by atoms with van der Waals surface area (Å²) in [6, 6.07) is 5.67. The summed E-state index contributed by atoms with van der Waals surface area (Å²) in [7, 11) is 1.63. The molecule has 1 spiro atoms. The van der Waals surface area contributed by atoms with Crippen LogP contribution in [0.25, 0.3) is 0 Å². The van der Waals surface area contributed by atoms with Crippen molar-refractivity contribution in [2.75, 3.05) is 20.2 Å². The van der Waals surface area contributed by atoms with Gasteiger partial charge in [-0.05, 0) is 31.2 Å². The summed E-state index contributed by atoms with van der Waals surface area (Å²) in [4.78, 5) is 0. The molecular weight excluding hydrogens is 242 g/mol. The Morgan fingerprint density at radius 3 is 3.05 bits per heavy atom. The van der Waals surface area contributed by atoms with E-state index in [1.54, 1.807) is 7.11 Å². The standard InChI is InChI=1S/C15H21NO3/c1-10-9-16-6-5-15(10)8-13(17)12-7-11(18-2)3-4-14(12)19-15/h3-4,7,10,13,16-17H,5-6,8-9H2,1-2H3/t10?,13-,15?/m0/s1. The molecule has 0 aromatic heterocycles. The first-order valence-corrected chi connectivity index (χ1v) is 6.90. The molecule has 0 aliphatic carbocycles. The van der Waals surface area contributed by atoms with Gasteiger partial charge in [0, 0.05) is 24.4 Å². The number of rotatable bonds is 1. The largest absolute Gasteiger partial charge is 0.497 e. The van der Waals surface area contributed by atoms with Gasteiger partial charge in [-0.2, -0.15) is 0 Å². The molecule has 2 aliphatic rings. The van der Waals surface area contributed by atoms with Crippen LogP contribution in [0.15, 0.2) is 18.2 Å². The quantitative estimate of drug-likeness (QED) is 0.812. The molecular formula is C15H21NO3. The number of benzene rings is 1. The number of hydrogen-bond donors (Lipinski definition) is 2. The van der Waals surface area contributed by atoms with E-state index in [0.29, 0.717) is 12.3 Å². The topological polar surface area (TPSA) is 50.7 Å². The van der Waals surface area contributed by atoms with E-state index in [1.165, 1.54) is 0 Å². The van der Waals surface area contributed by atoms with Crippen LogP contribution in [0.3, 0.4) is 0 Å². The van der Waals surface area contributed by atoms with Crippen molar-refractivity contribution in [2.45, 2.75) is 31.5 Å². The zero-order valence-electron chi connectivity index (χ0n) is 11.5. The Morgan fingerprint density at radius 1 is 1.47 bits per heavy atom. The van der Waals surface area contributed by atoms with Crippen molar-refractivity contribution >= 4 is 0 Å². The summed E-state index contributed by atoms with van der Waals surface area (Å²) in [5.41, 5.74) is 0.613. The summed E-state index contributed by atoms with van der Waals surface area (Å²) in [5.74, 6) is 1.95. The maximum absolute atomic E-state index is 10.5. The summed E-state index contributed by atoms with van der Waals surface area (Å²) in [6.45, 7) is 4.08. The van der Waals surface area contributed by atoms with Crippen LogP contribution in [0.1, 0.15) is 31.4 Å². The first-order chi connectivity index (χ1) is 9.14. The van der Waals surface area contributed by atoms with E-state index in [0.717, 1.165) is 36.6 Å². The molecule has 0 bridgehead atoms. The Labute approximate surface area is 113 Å². The molecule has 1 aromatic carbocycles. The average molecular weight is 263 g/mol. The van der Waals surface area contributed by atoms with Crippen molar-refractivity contribution in [2.24, 2.45) is 5.92 Å². The highest BCUT2D eigenvalue weighted by Crippen LogP contribution is 2.46. The fraction of sp³-hybridized carbons (Fsp3) is 0.600. The maximum Gasteiger partial charge on any atom is 0.126 e. The van der Waals surface area contributed by atoms with Crippen molar-refractivity contribution in [3.8, 4) is 11.5 Å². The van der Waals surface area contributed by atoms with E-state index in [9.17, 15) is 5.11 Å². The van der Waals surface area contributed by atoms with Gasteiger partial charge in [-0.15, -0.1) is 0 Å². The SMILES string of the molecule is COc1ccc2c(c1)[C@@H](O)CC1(CCNCC1C)O2. The molecule has 2 aliphatic heterocycles. The predicted molar refractivity (Wildman–Crippen MR) is 72.6 cm³/mol. The van der Waals surface area contributed by atoms with Gasteiger partial charge in [0.1, 0.15) is 17.1 Å². The van der Waals surface area contributed by atoms with Gasteiger partial charge in [0.25, 0.3) is 0 Å². The van der Waals surface area contributed by atoms with Crippen LogP contribution in [0.2, 0.25) is 0 Å². The lowest BCUT2D eigenvalue weighted by Crippen LogP contribution is -2.55. The van der Waals surface area contributed by atoms with E-state index < -0.39 is 6.10 Å². The fourth-order valence-corrected chi connectivity index (χ4v) is 3.21. The highest BCUT2D eigenvalue weighted by Gasteiger charge is 2.45. The van der Waals surface area contributed by atoms with Crippen LogP contribution in [-0.4, -0.2) is 30.9 Å². The second kappa shape index (κ2) is 4.69. The van der Waals surface area contributed by atoms with Gasteiger partial charge in [0.05, 0.1) is 13.2 Å². The lowest BCUT2D eigenvalue weighted by Gasteiger charge is -2.47. The number of nitrogens with one attached hydrogen (secondary N) is 1. The van der Waals surface area contributed by atoms with Crippen LogP contribution in [0.4, 0.5) is 0 Å². The maximum atomic E-state index is 10.5. The summed E-state index contributed by atoms with van der Waals surface area (Å²) in [6.07, 6.45) is 1.13. The number of aliphatic hydroxyl groups excluding tert-OH is 1. The van der Waals surface area contributed by atoms with Crippen LogP contribution < -0.4 is 14.8 Å². The number of aliphatic hydroxyl groups is 1. The molecule has 2 N–H and O–H groups in total. The zero-order valence-corrected chi connectivity index (χ0v) is 11.5. The van der Waals surface area contributed by atoms with Crippen LogP contribution in [0.5, 0.6) is 11.5 Å². The minimum Gasteiger partial charge on any atom is -0.497 e. The van der Waals surface area contributed by atoms with E-state index in [-0.39, 0.29) is 5.60 Å². The number of methoxy groups -OCH3 is 1. The molecule has 3 atom stereocenters. The molecule has 4 heteroatoms. The van der Waals surface area contributed by atoms with E-state index in [2.05, 4.69) is 12.2 Å². The third kappa shape index (κ3) is 2.09. The summed E-state index contributed by atoms with van der Waals surface area (Å²) in [5, 5.41) is 13.8. The van der Waals surface area contributed by atoms with Gasteiger partial charge < -0.3 is 19.9 Å². The molecule has 3 rings (SSSR count). The van der Waals surface area contributed by atoms with Gasteiger partial charge >= 0.3 is 0 Å². The van der Waals surface area contributed by atoms with Crippen LogP contribution in [-0.2, 0) is 0 Å². The Bertz CT molecular complexity index is 476. The third-order valence-corrected chi connectivity index (χ3v) is 4.50. The number of piperidine rings is 1.